The number of nitrogens with one attached hydrogen (secondary N) is 1. The highest BCUT2D eigenvalue weighted by molar-refractivity contribution is 7.81. The molecule has 0 aliphatic heterocycles. The molecule has 0 spiro atoms. The van der Waals surface area contributed by atoms with Gasteiger partial charge < -0.3 is 10.2 Å². The molecule has 0 rings (SSSR count). The minimum atomic E-state index is -0.304. The number of carbonyl (C=O) groups excluding carboxylic acids is 2. The molecule has 0 saturated carbocycles. The van der Waals surface area contributed by atoms with Crippen LogP contribution >= 0.6 is 12.6 Å². The molecule has 0 heterocycles. The van der Waals surface area contributed by atoms with Gasteiger partial charge in [0.15, 0.2) is 0 Å². The van der Waals surface area contributed by atoms with E-state index in [0.29, 0.717) is 6.54 Å². The van der Waals surface area contributed by atoms with Gasteiger partial charge in [0.1, 0.15) is 0 Å². The molecule has 2 amide bonds. The molecule has 0 fully saturated rings. The molecule has 5 heteroatoms. The second-order valence-corrected chi connectivity index (χ2v) is 4.98. The van der Waals surface area contributed by atoms with E-state index in [0.717, 1.165) is 0 Å². The molecular weight excluding hydrogens is 224 g/mol. The summed E-state index contributed by atoms with van der Waals surface area (Å²) in [7, 11) is 3.30. The highest BCUT2D eigenvalue weighted by Gasteiger charge is 2.23. The summed E-state index contributed by atoms with van der Waals surface area (Å²) >= 11 is 4.26. The predicted octanol–water partition coefficient (Wildman–Crippen LogP) is 0.781. The Bertz CT molecular complexity index is 256. The lowest BCUT2D eigenvalue weighted by Crippen LogP contribution is -2.41. The Morgan fingerprint density at radius 1 is 1.31 bits per heavy atom. The average molecular weight is 246 g/mol. The minimum absolute atomic E-state index is 0.0333. The lowest BCUT2D eigenvalue weighted by molar-refractivity contribution is -0.132. The standard InChI is InChI=1S/C11H22N2O2S/c1-7(2)9(16)11(15)13(5)6-8(3)10(14)12-4/h7-9,16H,6H2,1-5H3,(H,12,14). The van der Waals surface area contributed by atoms with E-state index >= 15 is 0 Å². The topological polar surface area (TPSA) is 49.4 Å². The van der Waals surface area contributed by atoms with E-state index in [1.807, 2.05) is 13.8 Å². The molecule has 4 nitrogen and oxygen atoms in total. The summed E-state index contributed by atoms with van der Waals surface area (Å²) in [4.78, 5) is 24.7. The zero-order chi connectivity index (χ0) is 12.9. The van der Waals surface area contributed by atoms with Crippen molar-refractivity contribution in [3.63, 3.8) is 0 Å². The Labute approximate surface area is 103 Å². The Morgan fingerprint density at radius 2 is 1.81 bits per heavy atom. The lowest BCUT2D eigenvalue weighted by atomic mass is 10.1. The van der Waals surface area contributed by atoms with Crippen molar-refractivity contribution in [2.24, 2.45) is 11.8 Å². The second kappa shape index (κ2) is 6.78. The van der Waals surface area contributed by atoms with Crippen LogP contribution in [0, 0.1) is 11.8 Å². The lowest BCUT2D eigenvalue weighted by Gasteiger charge is -2.25. The summed E-state index contributed by atoms with van der Waals surface area (Å²) in [6, 6.07) is 0. The van der Waals surface area contributed by atoms with Gasteiger partial charge in [0, 0.05) is 20.6 Å². The fraction of sp³-hybridized carbons (Fsp3) is 0.818. The molecule has 0 radical (unpaired) electrons. The van der Waals surface area contributed by atoms with E-state index in [-0.39, 0.29) is 28.9 Å². The zero-order valence-corrected chi connectivity index (χ0v) is 11.5. The van der Waals surface area contributed by atoms with Crippen LogP contribution in [0.1, 0.15) is 20.8 Å². The van der Waals surface area contributed by atoms with E-state index in [2.05, 4.69) is 17.9 Å². The molecule has 1 N–H and O–H groups in total. The number of thiol groups is 1. The molecular formula is C11H22N2O2S. The van der Waals surface area contributed by atoms with Gasteiger partial charge in [-0.1, -0.05) is 20.8 Å². The zero-order valence-electron chi connectivity index (χ0n) is 10.7. The van der Waals surface area contributed by atoms with Gasteiger partial charge in [-0.05, 0) is 5.92 Å². The maximum absolute atomic E-state index is 11.8. The summed E-state index contributed by atoms with van der Waals surface area (Å²) < 4.78 is 0. The van der Waals surface area contributed by atoms with Crippen LogP contribution in [0.4, 0.5) is 0 Å². The molecule has 0 aromatic heterocycles. The second-order valence-electron chi connectivity index (χ2n) is 4.42. The Hall–Kier alpha value is -0.710. The first kappa shape index (κ1) is 15.3. The maximum atomic E-state index is 11.8. The maximum Gasteiger partial charge on any atom is 0.235 e. The van der Waals surface area contributed by atoms with Crippen LogP contribution in [0.15, 0.2) is 0 Å². The quantitative estimate of drug-likeness (QED) is 0.704. The first-order chi connectivity index (χ1) is 7.31. The predicted molar refractivity (Wildman–Crippen MR) is 68.5 cm³/mol. The summed E-state index contributed by atoms with van der Waals surface area (Å²) in [6.07, 6.45) is 0. The Kier molecular flexibility index (Phi) is 6.48. The van der Waals surface area contributed by atoms with Crippen LogP contribution < -0.4 is 5.32 Å². The van der Waals surface area contributed by atoms with Crippen molar-refractivity contribution in [2.75, 3.05) is 20.6 Å². The van der Waals surface area contributed by atoms with Crippen molar-refractivity contribution in [1.82, 2.24) is 10.2 Å². The van der Waals surface area contributed by atoms with Gasteiger partial charge in [-0.2, -0.15) is 12.6 Å². The van der Waals surface area contributed by atoms with E-state index in [1.165, 1.54) is 0 Å². The number of rotatable bonds is 5. The average Bonchev–Trinajstić information content (AvgIpc) is 2.25. The third-order valence-corrected chi connectivity index (χ3v) is 3.32. The molecule has 0 aliphatic rings. The molecule has 0 aliphatic carbocycles. The minimum Gasteiger partial charge on any atom is -0.359 e. The van der Waals surface area contributed by atoms with E-state index in [9.17, 15) is 9.59 Å². The van der Waals surface area contributed by atoms with E-state index < -0.39 is 0 Å². The number of nitrogens with zero attached hydrogens (tertiary/aromatic N) is 1. The van der Waals surface area contributed by atoms with Gasteiger partial charge in [-0.3, -0.25) is 9.59 Å². The van der Waals surface area contributed by atoms with Crippen molar-refractivity contribution in [3.8, 4) is 0 Å². The third-order valence-electron chi connectivity index (χ3n) is 2.50. The van der Waals surface area contributed by atoms with Gasteiger partial charge in [-0.15, -0.1) is 0 Å². The summed E-state index contributed by atoms with van der Waals surface area (Å²) in [6.45, 7) is 6.12. The van der Waals surface area contributed by atoms with Crippen LogP contribution in [0.2, 0.25) is 0 Å². The number of hydrogen-bond acceptors (Lipinski definition) is 3. The van der Waals surface area contributed by atoms with E-state index in [1.54, 1.807) is 25.9 Å². The van der Waals surface area contributed by atoms with Crippen molar-refractivity contribution in [1.29, 1.82) is 0 Å². The smallest absolute Gasteiger partial charge is 0.235 e. The molecule has 94 valence electrons. The Balaban J connectivity index is 4.30. The third kappa shape index (κ3) is 4.43. The number of carbonyl (C=O) groups is 2. The normalized spacial score (nSPS) is 14.4. The van der Waals surface area contributed by atoms with Crippen LogP contribution in [0.5, 0.6) is 0 Å². The Morgan fingerprint density at radius 3 is 2.19 bits per heavy atom. The summed E-state index contributed by atoms with van der Waals surface area (Å²) in [5.41, 5.74) is 0. The molecule has 2 unspecified atom stereocenters. The largest absolute Gasteiger partial charge is 0.359 e. The molecule has 0 aromatic rings. The number of hydrogen-bond donors (Lipinski definition) is 2. The van der Waals surface area contributed by atoms with Crippen LogP contribution in [0.25, 0.3) is 0 Å². The van der Waals surface area contributed by atoms with Crippen molar-refractivity contribution < 1.29 is 9.59 Å². The van der Waals surface area contributed by atoms with Gasteiger partial charge in [0.05, 0.1) is 11.2 Å². The highest BCUT2D eigenvalue weighted by Crippen LogP contribution is 2.12. The first-order valence-electron chi connectivity index (χ1n) is 5.45. The van der Waals surface area contributed by atoms with E-state index in [4.69, 9.17) is 0 Å². The van der Waals surface area contributed by atoms with Gasteiger partial charge in [-0.25, -0.2) is 0 Å². The molecule has 0 saturated heterocycles. The number of amides is 2. The van der Waals surface area contributed by atoms with Gasteiger partial charge >= 0.3 is 0 Å². The summed E-state index contributed by atoms with van der Waals surface area (Å²) in [5.74, 6) is -0.103. The fourth-order valence-electron chi connectivity index (χ4n) is 1.34. The van der Waals surface area contributed by atoms with Crippen molar-refractivity contribution in [2.45, 2.75) is 26.0 Å². The van der Waals surface area contributed by atoms with Gasteiger partial charge in [0.2, 0.25) is 11.8 Å². The molecule has 16 heavy (non-hydrogen) atoms. The van der Waals surface area contributed by atoms with Crippen LogP contribution in [0.3, 0.4) is 0 Å². The highest BCUT2D eigenvalue weighted by atomic mass is 32.1. The monoisotopic (exact) mass is 246 g/mol. The fourth-order valence-corrected chi connectivity index (χ4v) is 1.54. The van der Waals surface area contributed by atoms with Crippen molar-refractivity contribution >= 4 is 24.4 Å². The van der Waals surface area contributed by atoms with Crippen LogP contribution in [-0.4, -0.2) is 42.6 Å². The first-order valence-corrected chi connectivity index (χ1v) is 5.97. The molecule has 0 bridgehead atoms. The molecule has 0 aromatic carbocycles. The SMILES string of the molecule is CNC(=O)C(C)CN(C)C(=O)C(S)C(C)C. The van der Waals surface area contributed by atoms with Gasteiger partial charge in [0.25, 0.3) is 0 Å². The molecule has 2 atom stereocenters. The van der Waals surface area contributed by atoms with Crippen molar-refractivity contribution in [3.05, 3.63) is 0 Å². The summed E-state index contributed by atoms with van der Waals surface area (Å²) in [5, 5.41) is 2.26. The van der Waals surface area contributed by atoms with Crippen LogP contribution in [-0.2, 0) is 9.59 Å².